The summed E-state index contributed by atoms with van der Waals surface area (Å²) in [5.74, 6) is -1.51. The zero-order valence-corrected chi connectivity index (χ0v) is 8.35. The van der Waals surface area contributed by atoms with Gasteiger partial charge in [0.25, 0.3) is 0 Å². The summed E-state index contributed by atoms with van der Waals surface area (Å²) in [7, 11) is 0. The van der Waals surface area contributed by atoms with Gasteiger partial charge in [-0.05, 0) is 6.92 Å². The van der Waals surface area contributed by atoms with Crippen molar-refractivity contribution in [1.29, 1.82) is 0 Å². The molecule has 0 spiro atoms. The Labute approximate surface area is 82.4 Å². The molecular formula is C8H15N3O3. The van der Waals surface area contributed by atoms with E-state index >= 15 is 0 Å². The first-order chi connectivity index (χ1) is 6.57. The molecule has 0 aromatic carbocycles. The van der Waals surface area contributed by atoms with Crippen LogP contribution < -0.4 is 16.0 Å². The Hall–Kier alpha value is -1.59. The van der Waals surface area contributed by atoms with Crippen LogP contribution in [0, 0.1) is 0 Å². The number of rotatable bonds is 4. The number of carbonyl (C=O) groups excluding carboxylic acids is 3. The Morgan fingerprint density at radius 1 is 0.929 bits per heavy atom. The van der Waals surface area contributed by atoms with Gasteiger partial charge in [0.15, 0.2) is 0 Å². The van der Waals surface area contributed by atoms with E-state index in [1.807, 2.05) is 0 Å². The van der Waals surface area contributed by atoms with Crippen LogP contribution in [-0.4, -0.2) is 37.4 Å². The Morgan fingerprint density at radius 2 is 1.43 bits per heavy atom. The molecule has 0 radical (unpaired) electrons. The zero-order valence-electron chi connectivity index (χ0n) is 8.35. The van der Waals surface area contributed by atoms with Crippen LogP contribution in [0.25, 0.3) is 0 Å². The number of hydrogen-bond acceptors (Lipinski definition) is 3. The van der Waals surface area contributed by atoms with Gasteiger partial charge in [-0.1, -0.05) is 0 Å². The second-order valence-corrected chi connectivity index (χ2v) is 2.60. The molecule has 6 heteroatoms. The number of likely N-dealkylation sites (N-methyl/N-ethyl adjacent to an activating group) is 1. The molecule has 0 aromatic rings. The highest BCUT2D eigenvalue weighted by Gasteiger charge is 2.10. The van der Waals surface area contributed by atoms with E-state index in [9.17, 15) is 14.4 Å². The normalized spacial score (nSPS) is 9.00. The minimum atomic E-state index is -0.683. The van der Waals surface area contributed by atoms with Gasteiger partial charge < -0.3 is 16.0 Å². The predicted octanol–water partition coefficient (Wildman–Crippen LogP) is -1.63. The second kappa shape index (κ2) is 6.88. The largest absolute Gasteiger partial charge is 0.355 e. The van der Waals surface area contributed by atoms with E-state index in [2.05, 4.69) is 16.0 Å². The average molecular weight is 201 g/mol. The number of carbonyl (C=O) groups is 3. The molecule has 0 atom stereocenters. The van der Waals surface area contributed by atoms with Gasteiger partial charge in [-0.3, -0.25) is 14.4 Å². The van der Waals surface area contributed by atoms with Crippen LogP contribution in [0.4, 0.5) is 0 Å². The van der Waals surface area contributed by atoms with Crippen molar-refractivity contribution >= 4 is 17.7 Å². The lowest BCUT2D eigenvalue weighted by Crippen LogP contribution is -2.42. The van der Waals surface area contributed by atoms with Gasteiger partial charge in [-0.15, -0.1) is 0 Å². The SMILES string of the molecule is CCNC(=O)C(=O)NCCNC(C)=O. The molecule has 0 aliphatic carbocycles. The van der Waals surface area contributed by atoms with Crippen molar-refractivity contribution in [1.82, 2.24) is 16.0 Å². The maximum absolute atomic E-state index is 10.9. The fourth-order valence-corrected chi connectivity index (χ4v) is 0.736. The standard InChI is InChI=1S/C8H15N3O3/c1-3-9-7(13)8(14)11-5-4-10-6(2)12/h3-5H2,1-2H3,(H,9,13)(H,10,12)(H,11,14). The van der Waals surface area contributed by atoms with Gasteiger partial charge in [-0.2, -0.15) is 0 Å². The fourth-order valence-electron chi connectivity index (χ4n) is 0.736. The van der Waals surface area contributed by atoms with Crippen LogP contribution in [0.5, 0.6) is 0 Å². The van der Waals surface area contributed by atoms with Crippen molar-refractivity contribution in [3.05, 3.63) is 0 Å². The van der Waals surface area contributed by atoms with Crippen molar-refractivity contribution in [3.63, 3.8) is 0 Å². The van der Waals surface area contributed by atoms with Gasteiger partial charge >= 0.3 is 11.8 Å². The topological polar surface area (TPSA) is 87.3 Å². The van der Waals surface area contributed by atoms with Crippen LogP contribution in [0.2, 0.25) is 0 Å². The van der Waals surface area contributed by atoms with Crippen molar-refractivity contribution in [2.24, 2.45) is 0 Å². The van der Waals surface area contributed by atoms with Gasteiger partial charge in [0, 0.05) is 26.6 Å². The van der Waals surface area contributed by atoms with E-state index in [-0.39, 0.29) is 12.5 Å². The molecular weight excluding hydrogens is 186 g/mol. The van der Waals surface area contributed by atoms with E-state index in [4.69, 9.17) is 0 Å². The molecule has 0 heterocycles. The average Bonchev–Trinajstić information content (AvgIpc) is 2.12. The van der Waals surface area contributed by atoms with Crippen LogP contribution in [-0.2, 0) is 14.4 Å². The summed E-state index contributed by atoms with van der Waals surface area (Å²) in [6, 6.07) is 0. The molecule has 0 unspecified atom stereocenters. The van der Waals surface area contributed by atoms with Gasteiger partial charge in [0.2, 0.25) is 5.91 Å². The number of nitrogens with one attached hydrogen (secondary N) is 3. The second-order valence-electron chi connectivity index (χ2n) is 2.60. The Kier molecular flexibility index (Phi) is 6.09. The molecule has 0 aliphatic heterocycles. The summed E-state index contributed by atoms with van der Waals surface area (Å²) in [5.41, 5.74) is 0. The molecule has 3 N–H and O–H groups in total. The van der Waals surface area contributed by atoms with Crippen molar-refractivity contribution in [2.75, 3.05) is 19.6 Å². The van der Waals surface area contributed by atoms with E-state index in [1.54, 1.807) is 6.92 Å². The minimum absolute atomic E-state index is 0.169. The monoisotopic (exact) mass is 201 g/mol. The molecule has 14 heavy (non-hydrogen) atoms. The molecule has 0 rings (SSSR count). The van der Waals surface area contributed by atoms with E-state index in [0.29, 0.717) is 13.1 Å². The van der Waals surface area contributed by atoms with E-state index in [0.717, 1.165) is 0 Å². The summed E-state index contributed by atoms with van der Waals surface area (Å²) >= 11 is 0. The molecule has 0 saturated carbocycles. The minimum Gasteiger partial charge on any atom is -0.355 e. The van der Waals surface area contributed by atoms with Crippen LogP contribution >= 0.6 is 0 Å². The van der Waals surface area contributed by atoms with Gasteiger partial charge in [-0.25, -0.2) is 0 Å². The summed E-state index contributed by atoms with van der Waals surface area (Å²) in [6.45, 7) is 4.09. The highest BCUT2D eigenvalue weighted by atomic mass is 16.2. The lowest BCUT2D eigenvalue weighted by molar-refractivity contribution is -0.139. The predicted molar refractivity (Wildman–Crippen MR) is 50.4 cm³/mol. The Morgan fingerprint density at radius 3 is 1.93 bits per heavy atom. The number of hydrogen-bond donors (Lipinski definition) is 3. The van der Waals surface area contributed by atoms with Crippen LogP contribution in [0.15, 0.2) is 0 Å². The van der Waals surface area contributed by atoms with Crippen molar-refractivity contribution in [2.45, 2.75) is 13.8 Å². The molecule has 3 amide bonds. The third-order valence-corrected chi connectivity index (χ3v) is 1.33. The van der Waals surface area contributed by atoms with E-state index < -0.39 is 11.8 Å². The van der Waals surface area contributed by atoms with Gasteiger partial charge in [0.1, 0.15) is 0 Å². The molecule has 6 nitrogen and oxygen atoms in total. The van der Waals surface area contributed by atoms with E-state index in [1.165, 1.54) is 6.92 Å². The first-order valence-corrected chi connectivity index (χ1v) is 4.38. The molecule has 0 bridgehead atoms. The maximum atomic E-state index is 10.9. The van der Waals surface area contributed by atoms with Crippen molar-refractivity contribution in [3.8, 4) is 0 Å². The Balaban J connectivity index is 3.53. The first kappa shape index (κ1) is 12.4. The third-order valence-electron chi connectivity index (χ3n) is 1.33. The quantitative estimate of drug-likeness (QED) is 0.377. The summed E-state index contributed by atoms with van der Waals surface area (Å²) in [4.78, 5) is 32.2. The molecule has 80 valence electrons. The lowest BCUT2D eigenvalue weighted by atomic mass is 10.5. The highest BCUT2D eigenvalue weighted by Crippen LogP contribution is 1.68. The highest BCUT2D eigenvalue weighted by molar-refractivity contribution is 6.35. The number of amides is 3. The third kappa shape index (κ3) is 5.99. The molecule has 0 fully saturated rings. The van der Waals surface area contributed by atoms with Gasteiger partial charge in [0.05, 0.1) is 0 Å². The fraction of sp³-hybridized carbons (Fsp3) is 0.625. The molecule has 0 aliphatic rings. The Bertz CT molecular complexity index is 228. The van der Waals surface area contributed by atoms with Crippen LogP contribution in [0.1, 0.15) is 13.8 Å². The summed E-state index contributed by atoms with van der Waals surface area (Å²) in [5, 5.41) is 7.20. The van der Waals surface area contributed by atoms with Crippen LogP contribution in [0.3, 0.4) is 0 Å². The first-order valence-electron chi connectivity index (χ1n) is 4.38. The summed E-state index contributed by atoms with van der Waals surface area (Å²) < 4.78 is 0. The molecule has 0 saturated heterocycles. The summed E-state index contributed by atoms with van der Waals surface area (Å²) in [6.07, 6.45) is 0. The molecule has 0 aromatic heterocycles. The maximum Gasteiger partial charge on any atom is 0.309 e. The zero-order chi connectivity index (χ0) is 11.0. The smallest absolute Gasteiger partial charge is 0.309 e. The van der Waals surface area contributed by atoms with Crippen molar-refractivity contribution < 1.29 is 14.4 Å². The lowest BCUT2D eigenvalue weighted by Gasteiger charge is -2.04.